The van der Waals surface area contributed by atoms with Crippen molar-refractivity contribution < 1.29 is 32.3 Å². The van der Waals surface area contributed by atoms with Crippen molar-refractivity contribution in [3.63, 3.8) is 0 Å². The van der Waals surface area contributed by atoms with Gasteiger partial charge in [-0.15, -0.1) is 0 Å². The Bertz CT molecular complexity index is 1460. The van der Waals surface area contributed by atoms with E-state index in [1.165, 1.54) is 19.2 Å². The van der Waals surface area contributed by atoms with Crippen LogP contribution in [0.5, 0.6) is 0 Å². The van der Waals surface area contributed by atoms with Crippen molar-refractivity contribution in [3.8, 4) is 0 Å². The monoisotopic (exact) mass is 575 g/mol. The van der Waals surface area contributed by atoms with Crippen molar-refractivity contribution in [1.82, 2.24) is 0 Å². The van der Waals surface area contributed by atoms with Crippen LogP contribution in [0, 0.1) is 5.92 Å². The number of hydrogen-bond acceptors (Lipinski definition) is 8. The van der Waals surface area contributed by atoms with Gasteiger partial charge in [-0.05, 0) is 42.5 Å². The summed E-state index contributed by atoms with van der Waals surface area (Å²) in [7, 11) is -2.06. The lowest BCUT2D eigenvalue weighted by Gasteiger charge is -2.23. The average Bonchev–Trinajstić information content (AvgIpc) is 3.72. The van der Waals surface area contributed by atoms with Crippen molar-refractivity contribution in [2.45, 2.75) is 60.2 Å². The van der Waals surface area contributed by atoms with Gasteiger partial charge in [-0.2, -0.15) is 0 Å². The first kappa shape index (κ1) is 27.6. The predicted molar refractivity (Wildman–Crippen MR) is 152 cm³/mol. The van der Waals surface area contributed by atoms with Crippen molar-refractivity contribution in [3.05, 3.63) is 102 Å². The molecular formula is C32H33NO7S. The molecule has 1 saturated heterocycles. The molecule has 3 aliphatic rings. The molecule has 214 valence electrons. The van der Waals surface area contributed by atoms with Crippen LogP contribution in [0.2, 0.25) is 0 Å². The van der Waals surface area contributed by atoms with Gasteiger partial charge in [0.15, 0.2) is 21.3 Å². The minimum Gasteiger partial charge on any atom is -0.464 e. The quantitative estimate of drug-likeness (QED) is 0.188. The molecule has 3 fully saturated rings. The van der Waals surface area contributed by atoms with Crippen LogP contribution in [0.15, 0.2) is 95.0 Å². The lowest BCUT2D eigenvalue weighted by atomic mass is 9.99. The molecule has 1 spiro atoms. The maximum Gasteiger partial charge on any atom is 0.360 e. The van der Waals surface area contributed by atoms with Crippen molar-refractivity contribution in [1.29, 1.82) is 0 Å². The van der Waals surface area contributed by atoms with Gasteiger partial charge in [0.05, 0.1) is 17.3 Å². The van der Waals surface area contributed by atoms with Crippen LogP contribution >= 0.6 is 0 Å². The van der Waals surface area contributed by atoms with Gasteiger partial charge in [0.25, 0.3) is 0 Å². The number of esters is 1. The van der Waals surface area contributed by atoms with Crippen LogP contribution in [0.25, 0.3) is 0 Å². The summed E-state index contributed by atoms with van der Waals surface area (Å²) < 4.78 is 43.3. The van der Waals surface area contributed by atoms with Gasteiger partial charge in [-0.25, -0.2) is 13.2 Å². The Hall–Kier alpha value is -3.53. The molecule has 0 unspecified atom stereocenters. The molecule has 3 aromatic rings. The Morgan fingerprint density at radius 1 is 0.878 bits per heavy atom. The van der Waals surface area contributed by atoms with E-state index < -0.39 is 21.6 Å². The highest BCUT2D eigenvalue weighted by atomic mass is 32.2. The molecule has 3 atom stereocenters. The van der Waals surface area contributed by atoms with E-state index in [-0.39, 0.29) is 40.6 Å². The molecule has 1 aliphatic heterocycles. The molecule has 0 bridgehead atoms. The van der Waals surface area contributed by atoms with Crippen LogP contribution < -0.4 is 0 Å². The zero-order valence-electron chi connectivity index (χ0n) is 22.8. The molecule has 0 N–H and O–H groups in total. The van der Waals surface area contributed by atoms with E-state index >= 15 is 0 Å². The molecule has 6 rings (SSSR count). The van der Waals surface area contributed by atoms with Crippen LogP contribution in [0.3, 0.4) is 0 Å². The van der Waals surface area contributed by atoms with Gasteiger partial charge >= 0.3 is 5.97 Å². The number of carbonyl (C=O) groups excluding carboxylic acids is 1. The maximum absolute atomic E-state index is 12.5. The SMILES string of the molecule is COC(=O)C(=NOC[C@H]1CCC2(C1)O[C@H](c1ccccc1)[C@@H](c1ccccc1)O2)c1ccc(S(=O)(=O)C2CC2)cc1. The maximum atomic E-state index is 12.5. The Labute approximate surface area is 240 Å². The number of sulfone groups is 1. The molecule has 0 radical (unpaired) electrons. The van der Waals surface area contributed by atoms with Gasteiger partial charge in [0, 0.05) is 24.3 Å². The van der Waals surface area contributed by atoms with E-state index in [1.807, 2.05) is 36.4 Å². The largest absolute Gasteiger partial charge is 0.464 e. The number of ether oxygens (including phenoxy) is 3. The second-order valence-electron chi connectivity index (χ2n) is 10.9. The minimum absolute atomic E-state index is 0.0165. The van der Waals surface area contributed by atoms with E-state index in [2.05, 4.69) is 29.4 Å². The highest BCUT2D eigenvalue weighted by molar-refractivity contribution is 7.92. The molecule has 1 heterocycles. The van der Waals surface area contributed by atoms with Crippen LogP contribution in [0.1, 0.15) is 61.0 Å². The van der Waals surface area contributed by atoms with Gasteiger partial charge in [0.1, 0.15) is 18.8 Å². The molecule has 9 heteroatoms. The number of rotatable bonds is 9. The Morgan fingerprint density at radius 3 is 2.00 bits per heavy atom. The lowest BCUT2D eigenvalue weighted by molar-refractivity contribution is -0.173. The Kier molecular flexibility index (Phi) is 7.68. The summed E-state index contributed by atoms with van der Waals surface area (Å²) in [5.41, 5.74) is 2.55. The Morgan fingerprint density at radius 2 is 1.46 bits per heavy atom. The molecule has 8 nitrogen and oxygen atoms in total. The third-order valence-electron chi connectivity index (χ3n) is 8.01. The first-order valence-electron chi connectivity index (χ1n) is 14.0. The summed E-state index contributed by atoms with van der Waals surface area (Å²) in [5, 5.41) is 3.81. The molecular weight excluding hydrogens is 542 g/mol. The van der Waals surface area contributed by atoms with Crippen LogP contribution in [-0.2, 0) is 33.7 Å². The number of benzene rings is 3. The zero-order valence-corrected chi connectivity index (χ0v) is 23.7. The summed E-state index contributed by atoms with van der Waals surface area (Å²) in [5.74, 6) is -1.29. The van der Waals surface area contributed by atoms with Gasteiger partial charge in [-0.1, -0.05) is 78.0 Å². The van der Waals surface area contributed by atoms with Gasteiger partial charge in [0.2, 0.25) is 0 Å². The highest BCUT2D eigenvalue weighted by Gasteiger charge is 2.52. The van der Waals surface area contributed by atoms with E-state index in [9.17, 15) is 13.2 Å². The van der Waals surface area contributed by atoms with Crippen molar-refractivity contribution in [2.75, 3.05) is 13.7 Å². The standard InChI is InChI=1S/C32H33NO7S/c1-37-31(34)28(23-12-14-26(15-13-23)41(35,36)27-16-17-27)33-38-21-22-18-19-32(20-22)39-29(24-8-4-2-5-9-24)30(40-32)25-10-6-3-7-11-25/h2-15,22,27,29-30H,16-21H2,1H3/t22-,29+,30+/m0/s1. The lowest BCUT2D eigenvalue weighted by Crippen LogP contribution is -2.27. The first-order chi connectivity index (χ1) is 19.9. The van der Waals surface area contributed by atoms with E-state index in [0.717, 1.165) is 24.0 Å². The number of methoxy groups -OCH3 is 1. The molecule has 2 aliphatic carbocycles. The zero-order chi connectivity index (χ0) is 28.5. The Balaban J connectivity index is 1.14. The van der Waals surface area contributed by atoms with Crippen molar-refractivity contribution in [2.24, 2.45) is 11.1 Å². The van der Waals surface area contributed by atoms with E-state index in [4.69, 9.17) is 19.0 Å². The summed E-state index contributed by atoms with van der Waals surface area (Å²) >= 11 is 0. The summed E-state index contributed by atoms with van der Waals surface area (Å²) in [4.78, 5) is 18.4. The molecule has 3 aromatic carbocycles. The van der Waals surface area contributed by atoms with Crippen LogP contribution in [-0.4, -0.2) is 44.9 Å². The minimum atomic E-state index is -3.33. The summed E-state index contributed by atoms with van der Waals surface area (Å²) in [6.45, 7) is 0.273. The van der Waals surface area contributed by atoms with Crippen molar-refractivity contribution >= 4 is 21.5 Å². The first-order valence-corrected chi connectivity index (χ1v) is 15.5. The number of carbonyl (C=O) groups is 1. The second-order valence-corrected chi connectivity index (χ2v) is 13.1. The van der Waals surface area contributed by atoms with Gasteiger partial charge in [-0.3, -0.25) is 0 Å². The smallest absolute Gasteiger partial charge is 0.360 e. The number of oxime groups is 1. The summed E-state index contributed by atoms with van der Waals surface area (Å²) in [6.07, 6.45) is 3.09. The van der Waals surface area contributed by atoms with Gasteiger partial charge < -0.3 is 19.0 Å². The molecule has 0 aromatic heterocycles. The molecule has 2 saturated carbocycles. The fourth-order valence-electron chi connectivity index (χ4n) is 5.69. The number of hydrogen-bond donors (Lipinski definition) is 0. The van der Waals surface area contributed by atoms with Crippen LogP contribution in [0.4, 0.5) is 0 Å². The van der Waals surface area contributed by atoms with E-state index in [0.29, 0.717) is 24.8 Å². The summed E-state index contributed by atoms with van der Waals surface area (Å²) in [6, 6.07) is 26.4. The average molecular weight is 576 g/mol. The topological polar surface area (TPSA) is 100 Å². The number of nitrogens with zero attached hydrogens (tertiary/aromatic N) is 1. The predicted octanol–water partition coefficient (Wildman–Crippen LogP) is 5.54. The third-order valence-corrected chi connectivity index (χ3v) is 10.3. The highest BCUT2D eigenvalue weighted by Crippen LogP contribution is 2.54. The second kappa shape index (κ2) is 11.4. The molecule has 0 amide bonds. The molecule has 41 heavy (non-hydrogen) atoms. The fraction of sp³-hybridized carbons (Fsp3) is 0.375. The third kappa shape index (κ3) is 5.80. The fourth-order valence-corrected chi connectivity index (χ4v) is 7.35. The normalized spacial score (nSPS) is 23.9. The van der Waals surface area contributed by atoms with E-state index in [1.54, 1.807) is 12.1 Å².